The number of aryl methyl sites for hydroxylation is 1. The molecule has 0 aliphatic rings. The maximum atomic E-state index is 11.9. The Bertz CT molecular complexity index is 767. The van der Waals surface area contributed by atoms with Crippen LogP contribution in [0.4, 0.5) is 5.69 Å². The Balaban J connectivity index is 1.54. The summed E-state index contributed by atoms with van der Waals surface area (Å²) in [5.41, 5.74) is 1.74. The van der Waals surface area contributed by atoms with Crippen LogP contribution in [0.1, 0.15) is 5.56 Å². The first-order valence-corrected chi connectivity index (χ1v) is 7.01. The highest BCUT2D eigenvalue weighted by molar-refractivity contribution is 5.91. The normalized spacial score (nSPS) is 10.3. The molecule has 2 aromatic heterocycles. The monoisotopic (exact) mass is 309 g/mol. The first-order chi connectivity index (χ1) is 11.2. The van der Waals surface area contributed by atoms with E-state index in [0.717, 1.165) is 5.56 Å². The second-order valence-corrected chi connectivity index (χ2v) is 4.92. The Hall–Kier alpha value is -3.22. The Morgan fingerprint density at radius 2 is 1.87 bits per heavy atom. The van der Waals surface area contributed by atoms with E-state index in [-0.39, 0.29) is 12.5 Å². The van der Waals surface area contributed by atoms with Gasteiger partial charge >= 0.3 is 0 Å². The van der Waals surface area contributed by atoms with Crippen LogP contribution in [0.3, 0.4) is 0 Å². The lowest BCUT2D eigenvalue weighted by Crippen LogP contribution is -2.20. The molecule has 0 radical (unpaired) electrons. The third-order valence-electron chi connectivity index (χ3n) is 3.11. The van der Waals surface area contributed by atoms with Gasteiger partial charge in [0.05, 0.1) is 11.9 Å². The zero-order chi connectivity index (χ0) is 16.1. The molecule has 1 N–H and O–H groups in total. The fraction of sp³-hybridized carbons (Fsp3) is 0.125. The van der Waals surface area contributed by atoms with Crippen molar-refractivity contribution in [3.63, 3.8) is 0 Å². The van der Waals surface area contributed by atoms with Gasteiger partial charge in [-0.25, -0.2) is 4.98 Å². The summed E-state index contributed by atoms with van der Waals surface area (Å²) in [5.74, 6) is 1.08. The highest BCUT2D eigenvalue weighted by atomic mass is 16.5. The molecular formula is C16H15N5O2. The van der Waals surface area contributed by atoms with Crippen molar-refractivity contribution in [2.45, 2.75) is 6.92 Å². The van der Waals surface area contributed by atoms with E-state index in [2.05, 4.69) is 20.5 Å². The minimum absolute atomic E-state index is 0.0593. The van der Waals surface area contributed by atoms with Crippen molar-refractivity contribution in [2.75, 3.05) is 11.9 Å². The Kier molecular flexibility index (Phi) is 4.28. The van der Waals surface area contributed by atoms with Crippen molar-refractivity contribution in [3.8, 4) is 11.6 Å². The summed E-state index contributed by atoms with van der Waals surface area (Å²) in [6, 6.07) is 11.0. The minimum Gasteiger partial charge on any atom is -0.484 e. The molecule has 0 bridgehead atoms. The van der Waals surface area contributed by atoms with Crippen LogP contribution >= 0.6 is 0 Å². The van der Waals surface area contributed by atoms with Crippen LogP contribution in [0.2, 0.25) is 0 Å². The number of benzene rings is 1. The first kappa shape index (κ1) is 14.7. The number of anilines is 1. The highest BCUT2D eigenvalue weighted by Crippen LogP contribution is 2.12. The van der Waals surface area contributed by atoms with Gasteiger partial charge in [-0.15, -0.1) is 10.2 Å². The van der Waals surface area contributed by atoms with Gasteiger partial charge in [0.15, 0.2) is 6.61 Å². The molecule has 0 aliphatic carbocycles. The zero-order valence-electron chi connectivity index (χ0n) is 12.5. The summed E-state index contributed by atoms with van der Waals surface area (Å²) in [4.78, 5) is 16.1. The van der Waals surface area contributed by atoms with Crippen LogP contribution in [-0.4, -0.2) is 32.3 Å². The first-order valence-electron chi connectivity index (χ1n) is 7.01. The zero-order valence-corrected chi connectivity index (χ0v) is 12.5. The SMILES string of the molecule is Cc1ccc(OCC(=O)Nc2ccc(-n3cnnc3)nc2)cc1. The average Bonchev–Trinajstić information content (AvgIpc) is 3.09. The largest absolute Gasteiger partial charge is 0.484 e. The van der Waals surface area contributed by atoms with Gasteiger partial charge < -0.3 is 10.1 Å². The van der Waals surface area contributed by atoms with Crippen LogP contribution in [0.5, 0.6) is 5.75 Å². The molecule has 3 aromatic rings. The molecule has 7 heteroatoms. The molecule has 0 aliphatic heterocycles. The van der Waals surface area contributed by atoms with E-state index < -0.39 is 0 Å². The molecule has 0 saturated carbocycles. The third-order valence-corrected chi connectivity index (χ3v) is 3.11. The number of aromatic nitrogens is 4. The molecule has 116 valence electrons. The number of amides is 1. The number of hydrogen-bond donors (Lipinski definition) is 1. The van der Waals surface area contributed by atoms with Crippen molar-refractivity contribution < 1.29 is 9.53 Å². The molecule has 0 unspecified atom stereocenters. The number of rotatable bonds is 5. The van der Waals surface area contributed by atoms with Gasteiger partial charge in [0.25, 0.3) is 5.91 Å². The van der Waals surface area contributed by atoms with Crippen molar-refractivity contribution in [3.05, 3.63) is 60.8 Å². The quantitative estimate of drug-likeness (QED) is 0.779. The molecule has 0 saturated heterocycles. The molecule has 1 aromatic carbocycles. The highest BCUT2D eigenvalue weighted by Gasteiger charge is 2.05. The van der Waals surface area contributed by atoms with Gasteiger partial charge in [-0.2, -0.15) is 0 Å². The lowest BCUT2D eigenvalue weighted by molar-refractivity contribution is -0.118. The van der Waals surface area contributed by atoms with E-state index in [9.17, 15) is 4.79 Å². The number of carbonyl (C=O) groups excluding carboxylic acids is 1. The number of carbonyl (C=O) groups is 1. The summed E-state index contributed by atoms with van der Waals surface area (Å²) in [7, 11) is 0. The average molecular weight is 309 g/mol. The molecule has 0 atom stereocenters. The van der Waals surface area contributed by atoms with Crippen LogP contribution in [-0.2, 0) is 4.79 Å². The second kappa shape index (κ2) is 6.69. The Labute approximate surface area is 133 Å². The second-order valence-electron chi connectivity index (χ2n) is 4.92. The van der Waals surface area contributed by atoms with E-state index in [1.54, 1.807) is 35.6 Å². The molecule has 0 spiro atoms. The molecule has 3 rings (SSSR count). The predicted molar refractivity (Wildman–Crippen MR) is 84.5 cm³/mol. The van der Waals surface area contributed by atoms with Gasteiger partial charge in [0.2, 0.25) is 0 Å². The van der Waals surface area contributed by atoms with Crippen molar-refractivity contribution in [1.29, 1.82) is 0 Å². The number of hydrogen-bond acceptors (Lipinski definition) is 5. The Morgan fingerprint density at radius 3 is 2.52 bits per heavy atom. The van der Waals surface area contributed by atoms with Crippen molar-refractivity contribution >= 4 is 11.6 Å². The minimum atomic E-state index is -0.246. The van der Waals surface area contributed by atoms with Gasteiger partial charge in [-0.1, -0.05) is 17.7 Å². The molecule has 2 heterocycles. The number of pyridine rings is 1. The van der Waals surface area contributed by atoms with Crippen molar-refractivity contribution in [2.24, 2.45) is 0 Å². The van der Waals surface area contributed by atoms with Gasteiger partial charge in [0.1, 0.15) is 24.2 Å². The van der Waals surface area contributed by atoms with Crippen LogP contribution in [0.25, 0.3) is 5.82 Å². The van der Waals surface area contributed by atoms with E-state index in [1.165, 1.54) is 0 Å². The van der Waals surface area contributed by atoms with Crippen LogP contribution in [0, 0.1) is 6.92 Å². The molecule has 0 fully saturated rings. The lowest BCUT2D eigenvalue weighted by atomic mass is 10.2. The van der Waals surface area contributed by atoms with E-state index in [0.29, 0.717) is 17.3 Å². The molecule has 1 amide bonds. The predicted octanol–water partition coefficient (Wildman–Crippen LogP) is 1.99. The Morgan fingerprint density at radius 1 is 1.13 bits per heavy atom. The molecule has 7 nitrogen and oxygen atoms in total. The smallest absolute Gasteiger partial charge is 0.262 e. The molecular weight excluding hydrogens is 294 g/mol. The van der Waals surface area contributed by atoms with E-state index in [1.807, 2.05) is 31.2 Å². The fourth-order valence-electron chi connectivity index (χ4n) is 1.91. The maximum absolute atomic E-state index is 11.9. The van der Waals surface area contributed by atoms with Crippen LogP contribution < -0.4 is 10.1 Å². The topological polar surface area (TPSA) is 81.9 Å². The van der Waals surface area contributed by atoms with Crippen LogP contribution in [0.15, 0.2) is 55.2 Å². The van der Waals surface area contributed by atoms with E-state index >= 15 is 0 Å². The summed E-state index contributed by atoms with van der Waals surface area (Å²) >= 11 is 0. The van der Waals surface area contributed by atoms with Gasteiger partial charge in [-0.05, 0) is 31.2 Å². The third kappa shape index (κ3) is 3.91. The standard InChI is InChI=1S/C16H15N5O2/c1-12-2-5-14(6-3-12)23-9-16(22)20-13-4-7-15(17-8-13)21-10-18-19-11-21/h2-8,10-11H,9H2,1H3,(H,20,22). The summed E-state index contributed by atoms with van der Waals surface area (Å²) in [6.45, 7) is 1.93. The maximum Gasteiger partial charge on any atom is 0.262 e. The fourth-order valence-corrected chi connectivity index (χ4v) is 1.91. The molecule has 23 heavy (non-hydrogen) atoms. The summed E-state index contributed by atoms with van der Waals surface area (Å²) < 4.78 is 7.10. The van der Waals surface area contributed by atoms with Gasteiger partial charge in [0, 0.05) is 0 Å². The number of nitrogens with one attached hydrogen (secondary N) is 1. The summed E-state index contributed by atoms with van der Waals surface area (Å²) in [5, 5.41) is 10.2. The van der Waals surface area contributed by atoms with E-state index in [4.69, 9.17) is 4.74 Å². The number of ether oxygens (including phenoxy) is 1. The number of nitrogens with zero attached hydrogens (tertiary/aromatic N) is 4. The van der Waals surface area contributed by atoms with Gasteiger partial charge in [-0.3, -0.25) is 9.36 Å². The lowest BCUT2D eigenvalue weighted by Gasteiger charge is -2.08. The van der Waals surface area contributed by atoms with Crippen molar-refractivity contribution in [1.82, 2.24) is 19.7 Å². The summed E-state index contributed by atoms with van der Waals surface area (Å²) in [6.07, 6.45) is 4.67.